The largest absolute Gasteiger partial charge is 0.0979 e. The van der Waals surface area contributed by atoms with Crippen LogP contribution in [0.2, 0.25) is 0 Å². The molecule has 0 aliphatic heterocycles. The van der Waals surface area contributed by atoms with Gasteiger partial charge in [0.15, 0.2) is 0 Å². The van der Waals surface area contributed by atoms with Gasteiger partial charge < -0.3 is 0 Å². The van der Waals surface area contributed by atoms with Gasteiger partial charge >= 0.3 is 0 Å². The van der Waals surface area contributed by atoms with Crippen LogP contribution in [-0.2, 0) is 6.42 Å². The summed E-state index contributed by atoms with van der Waals surface area (Å²) >= 11 is 0. The molecule has 0 unspecified atom stereocenters. The van der Waals surface area contributed by atoms with E-state index < -0.39 is 0 Å². The van der Waals surface area contributed by atoms with Gasteiger partial charge in [-0.2, -0.15) is 0 Å². The molecule has 0 saturated heterocycles. The average Bonchev–Trinajstić information content (AvgIpc) is 2.26. The van der Waals surface area contributed by atoms with E-state index in [1.165, 1.54) is 24.8 Å². The van der Waals surface area contributed by atoms with E-state index in [1.807, 2.05) is 0 Å². The van der Waals surface area contributed by atoms with E-state index in [2.05, 4.69) is 50.0 Å². The minimum absolute atomic E-state index is 1.02. The molecule has 0 radical (unpaired) electrons. The van der Waals surface area contributed by atoms with Crippen molar-refractivity contribution in [1.82, 2.24) is 0 Å². The van der Waals surface area contributed by atoms with E-state index in [4.69, 9.17) is 0 Å². The van der Waals surface area contributed by atoms with Crippen molar-refractivity contribution in [3.63, 3.8) is 0 Å². The summed E-state index contributed by atoms with van der Waals surface area (Å²) in [5.74, 6) is 6.45. The highest BCUT2D eigenvalue weighted by atomic mass is 14.0. The molecule has 0 atom stereocenters. The molecule has 0 fully saturated rings. The van der Waals surface area contributed by atoms with E-state index in [0.29, 0.717) is 0 Å². The van der Waals surface area contributed by atoms with Gasteiger partial charge in [-0.25, -0.2) is 0 Å². The van der Waals surface area contributed by atoms with Crippen LogP contribution in [0, 0.1) is 11.8 Å². The molecule has 0 aromatic heterocycles. The lowest BCUT2D eigenvalue weighted by Crippen LogP contribution is -1.83. The summed E-state index contributed by atoms with van der Waals surface area (Å²) in [7, 11) is 0. The van der Waals surface area contributed by atoms with Crippen LogP contribution in [0.4, 0.5) is 0 Å². The predicted molar refractivity (Wildman–Crippen MR) is 66.8 cm³/mol. The zero-order valence-electron chi connectivity index (χ0n) is 9.84. The molecule has 0 saturated carbocycles. The Bertz CT molecular complexity index is 339. The number of rotatable bonds is 4. The second kappa shape index (κ2) is 7.12. The topological polar surface area (TPSA) is 0 Å². The summed E-state index contributed by atoms with van der Waals surface area (Å²) in [5.41, 5.74) is 2.57. The van der Waals surface area contributed by atoms with Crippen LogP contribution in [0.5, 0.6) is 0 Å². The van der Waals surface area contributed by atoms with Gasteiger partial charge in [0.05, 0.1) is 0 Å². The number of unbranched alkanes of at least 4 members (excludes halogenated alkanes) is 2. The van der Waals surface area contributed by atoms with Gasteiger partial charge in [0.1, 0.15) is 0 Å². The Morgan fingerprint density at radius 2 is 2.00 bits per heavy atom. The van der Waals surface area contributed by atoms with Gasteiger partial charge in [0.25, 0.3) is 0 Å². The van der Waals surface area contributed by atoms with Crippen molar-refractivity contribution in [2.75, 3.05) is 0 Å². The van der Waals surface area contributed by atoms with E-state index in [9.17, 15) is 0 Å². The molecule has 1 rings (SSSR count). The Balaban J connectivity index is 2.59. The highest BCUT2D eigenvalue weighted by Crippen LogP contribution is 2.06. The third kappa shape index (κ3) is 4.70. The summed E-state index contributed by atoms with van der Waals surface area (Å²) < 4.78 is 0. The molecule has 0 heterocycles. The molecular formula is C15H20. The molecule has 0 heteroatoms. The van der Waals surface area contributed by atoms with Gasteiger partial charge in [-0.1, -0.05) is 50.7 Å². The predicted octanol–water partition coefficient (Wildman–Crippen LogP) is 4.18. The Labute approximate surface area is 93.7 Å². The minimum atomic E-state index is 1.02. The molecule has 1 aromatic carbocycles. The lowest BCUT2D eigenvalue weighted by molar-refractivity contribution is 0.828. The molecule has 0 amide bonds. The van der Waals surface area contributed by atoms with Gasteiger partial charge in [0, 0.05) is 12.0 Å². The molecule has 0 bridgehead atoms. The van der Waals surface area contributed by atoms with E-state index in [0.717, 1.165) is 18.4 Å². The maximum absolute atomic E-state index is 3.23. The normalized spacial score (nSPS) is 9.47. The fraction of sp³-hybridized carbons (Fsp3) is 0.467. The van der Waals surface area contributed by atoms with E-state index in [1.54, 1.807) is 0 Å². The molecule has 0 nitrogen and oxygen atoms in total. The van der Waals surface area contributed by atoms with Crippen molar-refractivity contribution in [2.24, 2.45) is 0 Å². The van der Waals surface area contributed by atoms with Crippen molar-refractivity contribution < 1.29 is 0 Å². The second-order valence-electron chi connectivity index (χ2n) is 3.86. The number of hydrogen-bond donors (Lipinski definition) is 0. The Morgan fingerprint density at radius 3 is 2.73 bits per heavy atom. The fourth-order valence-electron chi connectivity index (χ4n) is 1.52. The van der Waals surface area contributed by atoms with E-state index >= 15 is 0 Å². The van der Waals surface area contributed by atoms with Crippen molar-refractivity contribution in [3.8, 4) is 11.8 Å². The SMILES string of the molecule is CCCCC#Cc1cccc(CCC)c1. The van der Waals surface area contributed by atoms with Gasteiger partial charge in [-0.3, -0.25) is 0 Å². The van der Waals surface area contributed by atoms with Crippen LogP contribution >= 0.6 is 0 Å². The van der Waals surface area contributed by atoms with Crippen molar-refractivity contribution in [2.45, 2.75) is 46.0 Å². The van der Waals surface area contributed by atoms with Crippen LogP contribution < -0.4 is 0 Å². The first-order chi connectivity index (χ1) is 7.36. The molecule has 1 aromatic rings. The van der Waals surface area contributed by atoms with Crippen molar-refractivity contribution in [3.05, 3.63) is 35.4 Å². The number of aryl methyl sites for hydroxylation is 1. The third-order valence-corrected chi connectivity index (χ3v) is 2.35. The highest BCUT2D eigenvalue weighted by Gasteiger charge is 1.91. The molecule has 80 valence electrons. The summed E-state index contributed by atoms with van der Waals surface area (Å²) in [6.07, 6.45) is 5.82. The Kier molecular flexibility index (Phi) is 5.63. The summed E-state index contributed by atoms with van der Waals surface area (Å²) in [6, 6.07) is 8.59. The van der Waals surface area contributed by atoms with E-state index in [-0.39, 0.29) is 0 Å². The van der Waals surface area contributed by atoms with Crippen molar-refractivity contribution in [1.29, 1.82) is 0 Å². The zero-order chi connectivity index (χ0) is 10.9. The van der Waals surface area contributed by atoms with Gasteiger partial charge in [0.2, 0.25) is 0 Å². The van der Waals surface area contributed by atoms with Crippen LogP contribution in [0.3, 0.4) is 0 Å². The maximum atomic E-state index is 3.23. The zero-order valence-corrected chi connectivity index (χ0v) is 9.84. The smallest absolute Gasteiger partial charge is 0.0247 e. The van der Waals surface area contributed by atoms with Gasteiger partial charge in [-0.05, 0) is 30.5 Å². The minimum Gasteiger partial charge on any atom is -0.0979 e. The monoisotopic (exact) mass is 200 g/mol. The number of benzene rings is 1. The van der Waals surface area contributed by atoms with Gasteiger partial charge in [-0.15, -0.1) is 0 Å². The van der Waals surface area contributed by atoms with Crippen LogP contribution in [0.15, 0.2) is 24.3 Å². The Hall–Kier alpha value is -1.22. The second-order valence-corrected chi connectivity index (χ2v) is 3.86. The first-order valence-electron chi connectivity index (χ1n) is 5.94. The average molecular weight is 200 g/mol. The maximum Gasteiger partial charge on any atom is 0.0247 e. The molecule has 15 heavy (non-hydrogen) atoms. The summed E-state index contributed by atoms with van der Waals surface area (Å²) in [5, 5.41) is 0. The highest BCUT2D eigenvalue weighted by molar-refractivity contribution is 5.37. The lowest BCUT2D eigenvalue weighted by atomic mass is 10.1. The molecule has 0 aliphatic rings. The lowest BCUT2D eigenvalue weighted by Gasteiger charge is -1.98. The molecule has 0 N–H and O–H groups in total. The Morgan fingerprint density at radius 1 is 1.13 bits per heavy atom. The quantitative estimate of drug-likeness (QED) is 0.505. The van der Waals surface area contributed by atoms with Crippen LogP contribution in [0.25, 0.3) is 0 Å². The van der Waals surface area contributed by atoms with Crippen LogP contribution in [0.1, 0.15) is 50.7 Å². The summed E-state index contributed by atoms with van der Waals surface area (Å²) in [6.45, 7) is 4.41. The fourth-order valence-corrected chi connectivity index (χ4v) is 1.52. The molecule has 0 aliphatic carbocycles. The molecular weight excluding hydrogens is 180 g/mol. The van der Waals surface area contributed by atoms with Crippen molar-refractivity contribution >= 4 is 0 Å². The standard InChI is InChI=1S/C15H20/c1-3-5-6-7-10-15-12-8-11-14(13-15)9-4-2/h8,11-13H,3-6,9H2,1-2H3. The summed E-state index contributed by atoms with van der Waals surface area (Å²) in [4.78, 5) is 0. The third-order valence-electron chi connectivity index (χ3n) is 2.35. The molecule has 0 spiro atoms. The van der Waals surface area contributed by atoms with Crippen LogP contribution in [-0.4, -0.2) is 0 Å². The number of hydrogen-bond acceptors (Lipinski definition) is 0. The first-order valence-corrected chi connectivity index (χ1v) is 5.94. The first kappa shape index (κ1) is 11.9.